The van der Waals surface area contributed by atoms with Crippen LogP contribution in [0.5, 0.6) is 0 Å². The molecule has 36 heavy (non-hydrogen) atoms. The number of aryl methyl sites for hydroxylation is 1. The molecule has 1 saturated heterocycles. The van der Waals surface area contributed by atoms with Gasteiger partial charge in [0.15, 0.2) is 0 Å². The third-order valence-electron chi connectivity index (χ3n) is 6.98. The van der Waals surface area contributed by atoms with Crippen LogP contribution in [0.2, 0.25) is 0 Å². The molecule has 0 spiro atoms. The van der Waals surface area contributed by atoms with Gasteiger partial charge in [-0.05, 0) is 39.0 Å². The summed E-state index contributed by atoms with van der Waals surface area (Å²) in [5.74, 6) is 1.55. The molecular weight excluding hydrogens is 456 g/mol. The molecule has 5 heterocycles. The molecule has 2 aromatic heterocycles. The molecule has 1 fully saturated rings. The first-order valence-corrected chi connectivity index (χ1v) is 12.4. The van der Waals surface area contributed by atoms with Gasteiger partial charge in [0, 0.05) is 46.0 Å². The second-order valence-electron chi connectivity index (χ2n) is 9.74. The van der Waals surface area contributed by atoms with Gasteiger partial charge in [0.05, 0.1) is 18.1 Å². The maximum absolute atomic E-state index is 14.0. The van der Waals surface area contributed by atoms with Crippen molar-refractivity contribution in [2.75, 3.05) is 37.6 Å². The maximum atomic E-state index is 14.0. The van der Waals surface area contributed by atoms with E-state index in [-0.39, 0.29) is 18.1 Å². The highest BCUT2D eigenvalue weighted by Gasteiger charge is 2.30. The van der Waals surface area contributed by atoms with E-state index in [0.717, 1.165) is 44.0 Å². The van der Waals surface area contributed by atoms with Crippen LogP contribution < -0.4 is 21.5 Å². The molecule has 1 atom stereocenters. The van der Waals surface area contributed by atoms with E-state index in [9.17, 15) is 14.9 Å². The second kappa shape index (κ2) is 9.66. The first kappa shape index (κ1) is 23.9. The van der Waals surface area contributed by atoms with E-state index in [4.69, 9.17) is 4.99 Å². The molecule has 0 radical (unpaired) electrons. The Labute approximate surface area is 209 Å². The molecule has 1 N–H and O–H groups in total. The lowest BCUT2D eigenvalue weighted by molar-refractivity contribution is 0.467. The van der Waals surface area contributed by atoms with Gasteiger partial charge in [-0.1, -0.05) is 17.7 Å². The Kier molecular flexibility index (Phi) is 6.41. The monoisotopic (exact) mass is 488 g/mol. The Morgan fingerprint density at radius 2 is 2.03 bits per heavy atom. The Hall–Kier alpha value is -3.84. The lowest BCUT2D eigenvalue weighted by Crippen LogP contribution is -2.42. The number of allylic oxidation sites excluding steroid dienone is 4. The van der Waals surface area contributed by atoms with Crippen molar-refractivity contribution in [3.8, 4) is 6.07 Å². The summed E-state index contributed by atoms with van der Waals surface area (Å²) in [6.45, 7) is 8.45. The molecule has 0 bridgehead atoms. The highest BCUT2D eigenvalue weighted by molar-refractivity contribution is 5.96. The molecule has 5 rings (SSSR count). The zero-order valence-electron chi connectivity index (χ0n) is 21.1. The minimum atomic E-state index is -0.427. The number of rotatable bonds is 5. The average molecular weight is 489 g/mol. The minimum absolute atomic E-state index is 0.182. The normalized spacial score (nSPS) is 19.3. The lowest BCUT2D eigenvalue weighted by atomic mass is 10.2. The Bertz CT molecular complexity index is 1460. The van der Waals surface area contributed by atoms with E-state index in [1.54, 1.807) is 7.05 Å². The van der Waals surface area contributed by atoms with Gasteiger partial charge in [-0.25, -0.2) is 4.79 Å². The quantitative estimate of drug-likeness (QED) is 0.637. The number of nitriles is 1. The Balaban J connectivity index is 1.70. The van der Waals surface area contributed by atoms with Gasteiger partial charge >= 0.3 is 5.69 Å². The van der Waals surface area contributed by atoms with Crippen LogP contribution in [0.25, 0.3) is 11.0 Å². The lowest BCUT2D eigenvalue weighted by Gasteiger charge is -2.24. The smallest absolute Gasteiger partial charge is 0.331 e. The maximum Gasteiger partial charge on any atom is 0.331 e. The van der Waals surface area contributed by atoms with Crippen LogP contribution in [-0.4, -0.2) is 63.2 Å². The van der Waals surface area contributed by atoms with Crippen molar-refractivity contribution in [2.45, 2.75) is 39.4 Å². The van der Waals surface area contributed by atoms with Gasteiger partial charge in [-0.3, -0.25) is 18.9 Å². The standard InChI is InChI=1S/C26H32N8O2/c1-18(2)8-13-33-23-22(20(15-27)24(33)31-12-6-9-28-10-14-31)30(3)26(36)34(25(23)35)17-19-16-32-11-5-4-7-21(32)29-19/h4-5,7-8,11,19,28H,6,9-10,12-14,16-17H2,1-3H3. The molecule has 2 aromatic rings. The van der Waals surface area contributed by atoms with Crippen LogP contribution in [0.1, 0.15) is 25.8 Å². The van der Waals surface area contributed by atoms with Crippen LogP contribution in [0.3, 0.4) is 0 Å². The number of hydrogen-bond acceptors (Lipinski definition) is 7. The molecule has 188 valence electrons. The van der Waals surface area contributed by atoms with E-state index in [2.05, 4.69) is 22.4 Å². The van der Waals surface area contributed by atoms with Crippen LogP contribution >= 0.6 is 0 Å². The zero-order chi connectivity index (χ0) is 25.4. The molecule has 0 aromatic carbocycles. The third kappa shape index (κ3) is 4.09. The summed E-state index contributed by atoms with van der Waals surface area (Å²) in [7, 11) is 1.65. The van der Waals surface area contributed by atoms with Crippen molar-refractivity contribution < 1.29 is 0 Å². The van der Waals surface area contributed by atoms with Crippen LogP contribution in [0.15, 0.2) is 50.7 Å². The molecule has 1 unspecified atom stereocenters. The van der Waals surface area contributed by atoms with Crippen molar-refractivity contribution in [1.82, 2.24) is 23.9 Å². The summed E-state index contributed by atoms with van der Waals surface area (Å²) in [5.41, 5.74) is 1.49. The zero-order valence-corrected chi connectivity index (χ0v) is 21.1. The number of anilines is 1. The van der Waals surface area contributed by atoms with Crippen LogP contribution in [0.4, 0.5) is 5.82 Å². The second-order valence-corrected chi connectivity index (χ2v) is 9.74. The summed E-state index contributed by atoms with van der Waals surface area (Å²) in [5, 5.41) is 13.6. The van der Waals surface area contributed by atoms with Gasteiger partial charge in [-0.15, -0.1) is 0 Å². The fourth-order valence-electron chi connectivity index (χ4n) is 5.23. The van der Waals surface area contributed by atoms with Gasteiger partial charge in [0.2, 0.25) is 0 Å². The van der Waals surface area contributed by atoms with E-state index >= 15 is 0 Å². The fourth-order valence-corrected chi connectivity index (χ4v) is 5.23. The van der Waals surface area contributed by atoms with Gasteiger partial charge in [0.1, 0.15) is 28.8 Å². The average Bonchev–Trinajstić information content (AvgIpc) is 3.31. The van der Waals surface area contributed by atoms with Gasteiger partial charge in [0.25, 0.3) is 5.56 Å². The first-order chi connectivity index (χ1) is 17.4. The van der Waals surface area contributed by atoms with E-state index < -0.39 is 5.69 Å². The summed E-state index contributed by atoms with van der Waals surface area (Å²) in [6.07, 6.45) is 10.7. The predicted molar refractivity (Wildman–Crippen MR) is 141 cm³/mol. The number of nitrogens with one attached hydrogen (secondary N) is 1. The number of aliphatic imine (C=N–C) groups is 1. The van der Waals surface area contributed by atoms with Crippen molar-refractivity contribution in [2.24, 2.45) is 12.0 Å². The number of aromatic nitrogens is 3. The topological polar surface area (TPSA) is 104 Å². The largest absolute Gasteiger partial charge is 0.356 e. The molecule has 3 aliphatic heterocycles. The summed E-state index contributed by atoms with van der Waals surface area (Å²) < 4.78 is 4.68. The van der Waals surface area contributed by atoms with Crippen LogP contribution in [-0.2, 0) is 20.1 Å². The molecule has 0 aliphatic carbocycles. The summed E-state index contributed by atoms with van der Waals surface area (Å²) in [6, 6.07) is 2.11. The number of hydrogen-bond donors (Lipinski definition) is 1. The number of fused-ring (bicyclic) bond motifs is 2. The SMILES string of the molecule is CC(C)=CCn1c(N2CCCNCC2)c(C#N)c2c1c(=O)n(CC1CN3C=CC=CC3=N1)c(=O)n2C. The fraction of sp³-hybridized carbons (Fsp3) is 0.462. The Morgan fingerprint density at radius 3 is 2.78 bits per heavy atom. The molecule has 0 saturated carbocycles. The Morgan fingerprint density at radius 1 is 1.19 bits per heavy atom. The highest BCUT2D eigenvalue weighted by atomic mass is 16.2. The van der Waals surface area contributed by atoms with E-state index in [0.29, 0.717) is 35.5 Å². The minimum Gasteiger partial charge on any atom is -0.356 e. The molecule has 0 amide bonds. The molecule has 10 heteroatoms. The molecular formula is C26H32N8O2. The van der Waals surface area contributed by atoms with Gasteiger partial charge < -0.3 is 19.7 Å². The van der Waals surface area contributed by atoms with E-state index in [1.165, 1.54) is 9.13 Å². The predicted octanol–water partition coefficient (Wildman–Crippen LogP) is 1.31. The summed E-state index contributed by atoms with van der Waals surface area (Å²) >= 11 is 0. The van der Waals surface area contributed by atoms with Crippen LogP contribution in [0, 0.1) is 11.3 Å². The van der Waals surface area contributed by atoms with Crippen molar-refractivity contribution in [3.05, 3.63) is 62.5 Å². The number of amidine groups is 1. The van der Waals surface area contributed by atoms with Crippen molar-refractivity contribution in [3.63, 3.8) is 0 Å². The highest BCUT2D eigenvalue weighted by Crippen LogP contribution is 2.31. The van der Waals surface area contributed by atoms with Crippen molar-refractivity contribution >= 4 is 22.7 Å². The molecule has 3 aliphatic rings. The van der Waals surface area contributed by atoms with E-state index in [1.807, 2.05) is 47.7 Å². The molecule has 10 nitrogen and oxygen atoms in total. The summed E-state index contributed by atoms with van der Waals surface area (Å²) in [4.78, 5) is 36.4. The van der Waals surface area contributed by atoms with Crippen molar-refractivity contribution in [1.29, 1.82) is 5.26 Å². The van der Waals surface area contributed by atoms with Gasteiger partial charge in [-0.2, -0.15) is 5.26 Å². The first-order valence-electron chi connectivity index (χ1n) is 12.4. The number of nitrogens with zero attached hydrogens (tertiary/aromatic N) is 7. The third-order valence-corrected chi connectivity index (χ3v) is 6.98.